The lowest BCUT2D eigenvalue weighted by Crippen LogP contribution is -1.88. The van der Waals surface area contributed by atoms with Crippen LogP contribution in [0.3, 0.4) is 0 Å². The molecule has 0 heterocycles. The molecular formula is C14H18O2S. The maximum Gasteiger partial charge on any atom is 0.185 e. The van der Waals surface area contributed by atoms with Gasteiger partial charge in [0.2, 0.25) is 0 Å². The number of carbonyl (C=O) groups is 1. The molecule has 0 atom stereocenters. The van der Waals surface area contributed by atoms with Crippen molar-refractivity contribution in [2.24, 2.45) is 0 Å². The Kier molecular flexibility index (Phi) is 6.01. The number of hydrogen-bond acceptors (Lipinski definition) is 3. The van der Waals surface area contributed by atoms with Crippen LogP contribution in [0.5, 0.6) is 0 Å². The second kappa shape index (κ2) is 7.30. The van der Waals surface area contributed by atoms with Crippen LogP contribution >= 0.6 is 11.8 Å². The number of hydrogen-bond donors (Lipinski definition) is 1. The minimum absolute atomic E-state index is 0.0884. The van der Waals surface area contributed by atoms with Crippen LogP contribution in [0.25, 0.3) is 6.08 Å². The SMILES string of the molecule is CC(=O)SCCC=Cc1ccc(CO)c(C)c1. The summed E-state index contributed by atoms with van der Waals surface area (Å²) in [5.74, 6) is 0.833. The van der Waals surface area contributed by atoms with Gasteiger partial charge in [0.15, 0.2) is 5.12 Å². The molecule has 92 valence electrons. The number of allylic oxidation sites excluding steroid dienone is 1. The van der Waals surface area contributed by atoms with Gasteiger partial charge in [-0.25, -0.2) is 0 Å². The minimum atomic E-state index is 0.0884. The first-order valence-electron chi connectivity index (χ1n) is 5.63. The van der Waals surface area contributed by atoms with E-state index in [9.17, 15) is 4.79 Å². The predicted octanol–water partition coefficient (Wildman–Crippen LogP) is 3.17. The van der Waals surface area contributed by atoms with E-state index in [1.807, 2.05) is 19.1 Å². The fraction of sp³-hybridized carbons (Fsp3) is 0.357. The summed E-state index contributed by atoms with van der Waals surface area (Å²) in [7, 11) is 0. The Morgan fingerprint density at radius 3 is 2.82 bits per heavy atom. The monoisotopic (exact) mass is 250 g/mol. The second-order valence-corrected chi connectivity index (χ2v) is 5.15. The molecule has 2 nitrogen and oxygen atoms in total. The molecule has 0 amide bonds. The van der Waals surface area contributed by atoms with Gasteiger partial charge in [-0.05, 0) is 30.0 Å². The first kappa shape index (κ1) is 14.0. The lowest BCUT2D eigenvalue weighted by atomic mass is 10.1. The van der Waals surface area contributed by atoms with Gasteiger partial charge >= 0.3 is 0 Å². The van der Waals surface area contributed by atoms with Crippen molar-refractivity contribution >= 4 is 23.0 Å². The molecule has 1 N–H and O–H groups in total. The summed E-state index contributed by atoms with van der Waals surface area (Å²) in [6.45, 7) is 3.67. The van der Waals surface area contributed by atoms with E-state index in [2.05, 4.69) is 18.2 Å². The van der Waals surface area contributed by atoms with Gasteiger partial charge in [-0.2, -0.15) is 0 Å². The summed E-state index contributed by atoms with van der Waals surface area (Å²) in [4.78, 5) is 10.7. The summed E-state index contributed by atoms with van der Waals surface area (Å²) in [5.41, 5.74) is 3.20. The third-order valence-corrected chi connectivity index (χ3v) is 3.28. The fourth-order valence-electron chi connectivity index (χ4n) is 1.49. The average molecular weight is 250 g/mol. The molecule has 0 spiro atoms. The molecule has 17 heavy (non-hydrogen) atoms. The van der Waals surface area contributed by atoms with Crippen LogP contribution in [0, 0.1) is 6.92 Å². The third-order valence-electron chi connectivity index (χ3n) is 2.44. The number of benzene rings is 1. The second-order valence-electron chi connectivity index (χ2n) is 3.88. The standard InChI is InChI=1S/C14H18O2S/c1-11-9-13(6-7-14(11)10-15)5-3-4-8-17-12(2)16/h3,5-7,9,15H,4,8,10H2,1-2H3. The summed E-state index contributed by atoms with van der Waals surface area (Å²) in [5, 5.41) is 9.22. The number of rotatable bonds is 5. The number of aliphatic hydroxyl groups excluding tert-OH is 1. The van der Waals surface area contributed by atoms with Crippen molar-refractivity contribution in [3.05, 3.63) is 41.0 Å². The van der Waals surface area contributed by atoms with Gasteiger partial charge in [0.1, 0.15) is 0 Å². The zero-order valence-corrected chi connectivity index (χ0v) is 11.1. The van der Waals surface area contributed by atoms with Gasteiger partial charge in [0.25, 0.3) is 0 Å². The smallest absolute Gasteiger partial charge is 0.185 e. The van der Waals surface area contributed by atoms with Crippen molar-refractivity contribution in [3.8, 4) is 0 Å². The number of aliphatic hydroxyl groups is 1. The largest absolute Gasteiger partial charge is 0.392 e. The molecule has 0 saturated carbocycles. The molecule has 0 bridgehead atoms. The van der Waals surface area contributed by atoms with Crippen molar-refractivity contribution in [3.63, 3.8) is 0 Å². The summed E-state index contributed by atoms with van der Waals surface area (Å²) < 4.78 is 0. The summed E-state index contributed by atoms with van der Waals surface area (Å²) in [6, 6.07) is 5.99. The quantitative estimate of drug-likeness (QED) is 0.816. The van der Waals surface area contributed by atoms with Crippen LogP contribution in [0.15, 0.2) is 24.3 Å². The van der Waals surface area contributed by atoms with E-state index in [1.54, 1.807) is 6.92 Å². The van der Waals surface area contributed by atoms with Crippen LogP contribution in [-0.4, -0.2) is 16.0 Å². The minimum Gasteiger partial charge on any atom is -0.392 e. The van der Waals surface area contributed by atoms with E-state index in [-0.39, 0.29) is 11.7 Å². The van der Waals surface area contributed by atoms with Gasteiger partial charge < -0.3 is 5.11 Å². The lowest BCUT2D eigenvalue weighted by molar-refractivity contribution is -0.109. The van der Waals surface area contributed by atoms with E-state index in [4.69, 9.17) is 5.11 Å². The first-order valence-corrected chi connectivity index (χ1v) is 6.62. The highest BCUT2D eigenvalue weighted by atomic mass is 32.2. The Morgan fingerprint density at radius 2 is 2.24 bits per heavy atom. The molecule has 0 unspecified atom stereocenters. The van der Waals surface area contributed by atoms with E-state index < -0.39 is 0 Å². The lowest BCUT2D eigenvalue weighted by Gasteiger charge is -2.03. The summed E-state index contributed by atoms with van der Waals surface area (Å²) in [6.07, 6.45) is 5.02. The Hall–Kier alpha value is -1.06. The van der Waals surface area contributed by atoms with Crippen LogP contribution in [0.1, 0.15) is 30.0 Å². The number of thioether (sulfide) groups is 1. The van der Waals surface area contributed by atoms with Crippen molar-refractivity contribution in [1.82, 2.24) is 0 Å². The highest BCUT2D eigenvalue weighted by Crippen LogP contribution is 2.13. The molecule has 0 aliphatic heterocycles. The highest BCUT2D eigenvalue weighted by molar-refractivity contribution is 8.13. The van der Waals surface area contributed by atoms with E-state index in [0.29, 0.717) is 0 Å². The van der Waals surface area contributed by atoms with Crippen LogP contribution in [-0.2, 0) is 11.4 Å². The Labute approximate surface area is 107 Å². The molecule has 0 aliphatic carbocycles. The molecule has 3 heteroatoms. The fourth-order valence-corrected chi connectivity index (χ4v) is 2.03. The molecule has 1 aromatic carbocycles. The van der Waals surface area contributed by atoms with Crippen molar-refractivity contribution in [1.29, 1.82) is 0 Å². The average Bonchev–Trinajstić information content (AvgIpc) is 2.28. The molecule has 1 rings (SSSR count). The van der Waals surface area contributed by atoms with Crippen molar-refractivity contribution < 1.29 is 9.90 Å². The van der Waals surface area contributed by atoms with Gasteiger partial charge in [0.05, 0.1) is 6.61 Å². The zero-order valence-electron chi connectivity index (χ0n) is 10.3. The molecule has 0 saturated heterocycles. The van der Waals surface area contributed by atoms with Crippen LogP contribution < -0.4 is 0 Å². The van der Waals surface area contributed by atoms with E-state index in [0.717, 1.165) is 28.9 Å². The topological polar surface area (TPSA) is 37.3 Å². The first-order chi connectivity index (χ1) is 8.13. The number of carbonyl (C=O) groups excluding carboxylic acids is 1. The predicted molar refractivity (Wildman–Crippen MR) is 73.9 cm³/mol. The molecular weight excluding hydrogens is 232 g/mol. The molecule has 0 aromatic heterocycles. The zero-order chi connectivity index (χ0) is 12.7. The van der Waals surface area contributed by atoms with E-state index in [1.165, 1.54) is 11.8 Å². The Bertz CT molecular complexity index is 411. The van der Waals surface area contributed by atoms with E-state index >= 15 is 0 Å². The van der Waals surface area contributed by atoms with Crippen LogP contribution in [0.2, 0.25) is 0 Å². The maximum absolute atomic E-state index is 10.7. The third kappa shape index (κ3) is 5.20. The van der Waals surface area contributed by atoms with Gasteiger partial charge in [-0.3, -0.25) is 4.79 Å². The maximum atomic E-state index is 10.7. The molecule has 0 fully saturated rings. The Morgan fingerprint density at radius 1 is 1.47 bits per heavy atom. The number of aryl methyl sites for hydroxylation is 1. The van der Waals surface area contributed by atoms with Crippen molar-refractivity contribution in [2.75, 3.05) is 5.75 Å². The molecule has 1 aromatic rings. The van der Waals surface area contributed by atoms with Gasteiger partial charge in [-0.15, -0.1) is 0 Å². The summed E-state index contributed by atoms with van der Waals surface area (Å²) >= 11 is 1.35. The molecule has 0 aliphatic rings. The van der Waals surface area contributed by atoms with Crippen molar-refractivity contribution in [2.45, 2.75) is 26.9 Å². The Balaban J connectivity index is 2.48. The molecule has 0 radical (unpaired) electrons. The van der Waals surface area contributed by atoms with Gasteiger partial charge in [0, 0.05) is 12.7 Å². The van der Waals surface area contributed by atoms with Crippen LogP contribution in [0.4, 0.5) is 0 Å². The normalized spacial score (nSPS) is 11.0. The highest BCUT2D eigenvalue weighted by Gasteiger charge is 1.96. The van der Waals surface area contributed by atoms with Gasteiger partial charge in [-0.1, -0.05) is 42.1 Å².